The molecule has 4 heteroatoms. The Morgan fingerprint density at radius 2 is 1.94 bits per heavy atom. The Bertz CT molecular complexity index is 511. The van der Waals surface area contributed by atoms with Crippen LogP contribution in [-0.4, -0.2) is 21.4 Å². The first kappa shape index (κ1) is 12.1. The summed E-state index contributed by atoms with van der Waals surface area (Å²) in [7, 11) is 0. The van der Waals surface area contributed by atoms with Crippen molar-refractivity contribution < 1.29 is 0 Å². The van der Waals surface area contributed by atoms with Crippen LogP contribution in [0, 0.1) is 0 Å². The number of alkyl halides is 1. The third-order valence-corrected chi connectivity index (χ3v) is 2.82. The molecule has 17 heavy (non-hydrogen) atoms. The van der Waals surface area contributed by atoms with E-state index < -0.39 is 0 Å². The number of nitrogens with one attached hydrogen (secondary N) is 1. The maximum Gasteiger partial charge on any atom is 0.145 e. The van der Waals surface area contributed by atoms with Gasteiger partial charge in [0.25, 0.3) is 0 Å². The number of hydrogen-bond acceptors (Lipinski definition) is 3. The molecule has 0 unspecified atom stereocenters. The lowest BCUT2D eigenvalue weighted by Gasteiger charge is -2.25. The average Bonchev–Trinajstić information content (AvgIpc) is 2.28. The van der Waals surface area contributed by atoms with Gasteiger partial charge in [0, 0.05) is 11.4 Å². The molecule has 1 aromatic heterocycles. The molecule has 1 aromatic carbocycles. The highest BCUT2D eigenvalue weighted by Crippen LogP contribution is 2.18. The normalized spacial score (nSPS) is 11.7. The van der Waals surface area contributed by atoms with Crippen molar-refractivity contribution in [3.63, 3.8) is 0 Å². The van der Waals surface area contributed by atoms with Gasteiger partial charge in [-0.1, -0.05) is 12.1 Å². The van der Waals surface area contributed by atoms with E-state index in [4.69, 9.17) is 11.6 Å². The summed E-state index contributed by atoms with van der Waals surface area (Å²) in [6.45, 7) is 4.21. The van der Waals surface area contributed by atoms with Gasteiger partial charge in [-0.15, -0.1) is 11.6 Å². The van der Waals surface area contributed by atoms with E-state index in [1.54, 1.807) is 6.20 Å². The third-order valence-electron chi connectivity index (χ3n) is 2.63. The number of anilines is 1. The molecule has 2 rings (SSSR count). The van der Waals surface area contributed by atoms with Gasteiger partial charge in [0.2, 0.25) is 0 Å². The first-order valence-corrected chi connectivity index (χ1v) is 6.20. The fourth-order valence-electron chi connectivity index (χ4n) is 1.66. The molecule has 0 spiro atoms. The maximum absolute atomic E-state index is 5.77. The van der Waals surface area contributed by atoms with Crippen molar-refractivity contribution in [3.8, 4) is 0 Å². The van der Waals surface area contributed by atoms with Crippen LogP contribution in [0.25, 0.3) is 11.0 Å². The molecule has 0 bridgehead atoms. The second-order valence-corrected chi connectivity index (χ2v) is 5.07. The van der Waals surface area contributed by atoms with Crippen LogP contribution in [0.2, 0.25) is 0 Å². The fraction of sp³-hybridized carbons (Fsp3) is 0.385. The van der Waals surface area contributed by atoms with E-state index in [0.717, 1.165) is 23.3 Å². The van der Waals surface area contributed by atoms with Crippen molar-refractivity contribution in [1.29, 1.82) is 0 Å². The third kappa shape index (κ3) is 3.07. The second kappa shape index (κ2) is 4.88. The Labute approximate surface area is 106 Å². The molecule has 0 aliphatic rings. The number of rotatable bonds is 4. The lowest BCUT2D eigenvalue weighted by molar-refractivity contribution is 0.548. The number of hydrogen-bond donors (Lipinski definition) is 1. The van der Waals surface area contributed by atoms with Crippen LogP contribution >= 0.6 is 11.6 Å². The van der Waals surface area contributed by atoms with Crippen LogP contribution in [0.15, 0.2) is 30.5 Å². The van der Waals surface area contributed by atoms with Gasteiger partial charge in [-0.25, -0.2) is 4.98 Å². The van der Waals surface area contributed by atoms with Gasteiger partial charge in [-0.2, -0.15) is 0 Å². The summed E-state index contributed by atoms with van der Waals surface area (Å²) < 4.78 is 0. The van der Waals surface area contributed by atoms with Gasteiger partial charge >= 0.3 is 0 Å². The van der Waals surface area contributed by atoms with E-state index in [9.17, 15) is 0 Å². The van der Waals surface area contributed by atoms with Gasteiger partial charge < -0.3 is 5.32 Å². The molecule has 1 heterocycles. The molecule has 3 nitrogen and oxygen atoms in total. The zero-order valence-electron chi connectivity index (χ0n) is 10.1. The predicted molar refractivity (Wildman–Crippen MR) is 72.6 cm³/mol. The second-order valence-electron chi connectivity index (χ2n) is 4.69. The molecule has 0 aliphatic heterocycles. The molecule has 90 valence electrons. The van der Waals surface area contributed by atoms with Gasteiger partial charge in [0.1, 0.15) is 5.82 Å². The van der Waals surface area contributed by atoms with Crippen LogP contribution in [-0.2, 0) is 0 Å². The van der Waals surface area contributed by atoms with Crippen molar-refractivity contribution in [2.75, 3.05) is 11.2 Å². The Hall–Kier alpha value is -1.35. The number of aromatic nitrogens is 2. The smallest absolute Gasteiger partial charge is 0.145 e. The highest BCUT2D eigenvalue weighted by atomic mass is 35.5. The first-order valence-electron chi connectivity index (χ1n) is 5.67. The summed E-state index contributed by atoms with van der Waals surface area (Å²) >= 11 is 5.77. The lowest BCUT2D eigenvalue weighted by atomic mass is 10.0. The summed E-state index contributed by atoms with van der Waals surface area (Å²) in [6.07, 6.45) is 2.64. The summed E-state index contributed by atoms with van der Waals surface area (Å²) in [5, 5.41) is 3.35. The van der Waals surface area contributed by atoms with Crippen molar-refractivity contribution in [2.45, 2.75) is 25.8 Å². The fourth-order valence-corrected chi connectivity index (χ4v) is 2.14. The van der Waals surface area contributed by atoms with Gasteiger partial charge in [-0.3, -0.25) is 4.98 Å². The van der Waals surface area contributed by atoms with Gasteiger partial charge in [0.15, 0.2) is 0 Å². The predicted octanol–water partition coefficient (Wildman–Crippen LogP) is 3.45. The number of halogens is 1. The van der Waals surface area contributed by atoms with Crippen molar-refractivity contribution in [3.05, 3.63) is 30.5 Å². The van der Waals surface area contributed by atoms with Crippen LogP contribution < -0.4 is 5.32 Å². The minimum absolute atomic E-state index is 0.0705. The van der Waals surface area contributed by atoms with Crippen LogP contribution in [0.3, 0.4) is 0 Å². The molecule has 2 aromatic rings. The molecule has 0 atom stereocenters. The molecular weight excluding hydrogens is 234 g/mol. The highest BCUT2D eigenvalue weighted by molar-refractivity contribution is 6.17. The summed E-state index contributed by atoms with van der Waals surface area (Å²) in [5.41, 5.74) is 1.74. The molecule has 0 fully saturated rings. The monoisotopic (exact) mass is 249 g/mol. The number of nitrogens with zero attached hydrogens (tertiary/aromatic N) is 2. The SMILES string of the molecule is CC(C)(CCCl)Nc1cnc2ccccc2n1. The van der Waals surface area contributed by atoms with E-state index in [-0.39, 0.29) is 5.54 Å². The minimum Gasteiger partial charge on any atom is -0.364 e. The number of fused-ring (bicyclic) bond motifs is 1. The molecular formula is C13H16ClN3. The summed E-state index contributed by atoms with van der Waals surface area (Å²) in [6, 6.07) is 7.84. The molecule has 0 radical (unpaired) electrons. The van der Waals surface area contributed by atoms with Crippen molar-refractivity contribution in [1.82, 2.24) is 9.97 Å². The van der Waals surface area contributed by atoms with Crippen molar-refractivity contribution in [2.24, 2.45) is 0 Å². The Morgan fingerprint density at radius 1 is 1.24 bits per heavy atom. The molecule has 0 saturated carbocycles. The zero-order valence-corrected chi connectivity index (χ0v) is 10.8. The highest BCUT2D eigenvalue weighted by Gasteiger charge is 2.17. The average molecular weight is 250 g/mol. The van der Waals surface area contributed by atoms with E-state index in [2.05, 4.69) is 29.1 Å². The first-order chi connectivity index (χ1) is 8.11. The number of benzene rings is 1. The Balaban J connectivity index is 2.25. The Morgan fingerprint density at radius 3 is 2.65 bits per heavy atom. The molecule has 0 saturated heterocycles. The minimum atomic E-state index is -0.0705. The van der Waals surface area contributed by atoms with E-state index in [0.29, 0.717) is 5.88 Å². The molecule has 0 amide bonds. The zero-order chi connectivity index (χ0) is 12.3. The topological polar surface area (TPSA) is 37.8 Å². The van der Waals surface area contributed by atoms with E-state index in [1.165, 1.54) is 0 Å². The number of para-hydroxylation sites is 2. The van der Waals surface area contributed by atoms with Crippen LogP contribution in [0.5, 0.6) is 0 Å². The van der Waals surface area contributed by atoms with E-state index in [1.807, 2.05) is 24.3 Å². The van der Waals surface area contributed by atoms with E-state index >= 15 is 0 Å². The quantitative estimate of drug-likeness (QED) is 0.844. The lowest BCUT2D eigenvalue weighted by Crippen LogP contribution is -2.31. The van der Waals surface area contributed by atoms with Crippen molar-refractivity contribution >= 4 is 28.5 Å². The van der Waals surface area contributed by atoms with Crippen LogP contribution in [0.1, 0.15) is 20.3 Å². The van der Waals surface area contributed by atoms with Gasteiger partial charge in [-0.05, 0) is 32.4 Å². The summed E-state index contributed by atoms with van der Waals surface area (Å²) in [5.74, 6) is 1.42. The summed E-state index contributed by atoms with van der Waals surface area (Å²) in [4.78, 5) is 8.89. The molecule has 1 N–H and O–H groups in total. The molecule has 0 aliphatic carbocycles. The van der Waals surface area contributed by atoms with Crippen LogP contribution in [0.4, 0.5) is 5.82 Å². The Kier molecular flexibility index (Phi) is 3.48. The standard InChI is InChI=1S/C13H16ClN3/c1-13(2,7-8-14)17-12-9-15-10-5-3-4-6-11(10)16-12/h3-6,9H,7-8H2,1-2H3,(H,16,17). The maximum atomic E-state index is 5.77. The largest absolute Gasteiger partial charge is 0.364 e. The van der Waals surface area contributed by atoms with Gasteiger partial charge in [0.05, 0.1) is 17.2 Å².